The Hall–Kier alpha value is -0.570. The van der Waals surface area contributed by atoms with E-state index in [1.807, 2.05) is 6.20 Å². The van der Waals surface area contributed by atoms with Crippen molar-refractivity contribution >= 4 is 16.5 Å². The first-order valence-electron chi connectivity index (χ1n) is 6.95. The maximum Gasteiger partial charge on any atom is 0.182 e. The summed E-state index contributed by atoms with van der Waals surface area (Å²) in [5, 5.41) is 6.76. The lowest BCUT2D eigenvalue weighted by atomic mass is 9.49. The van der Waals surface area contributed by atoms with Gasteiger partial charge in [0.15, 0.2) is 5.13 Å². The van der Waals surface area contributed by atoms with E-state index in [9.17, 15) is 0 Å². The monoisotopic (exact) mass is 248 g/mol. The molecule has 92 valence electrons. The van der Waals surface area contributed by atoms with Crippen LogP contribution in [-0.2, 0) is 0 Å². The molecule has 5 rings (SSSR count). The summed E-state index contributed by atoms with van der Waals surface area (Å²) in [6.45, 7) is 1.17. The van der Waals surface area contributed by atoms with Crippen LogP contribution in [0.5, 0.6) is 0 Å². The molecule has 0 unspecified atom stereocenters. The molecule has 1 heterocycles. The van der Waals surface area contributed by atoms with Crippen molar-refractivity contribution in [1.29, 1.82) is 0 Å². The van der Waals surface area contributed by atoms with Crippen LogP contribution in [0.1, 0.15) is 38.5 Å². The standard InChI is InChI=1S/C14H20N2S/c1-2-17-13(15-1)16-9-14-6-10-3-11(7-14)5-12(4-10)8-14/h1-2,10-12H,3-9H2,(H,15,16). The molecule has 1 N–H and O–H groups in total. The molecule has 0 radical (unpaired) electrons. The first-order valence-corrected chi connectivity index (χ1v) is 7.83. The maximum atomic E-state index is 4.34. The number of nitrogens with one attached hydrogen (secondary N) is 1. The van der Waals surface area contributed by atoms with Crippen LogP contribution in [0.25, 0.3) is 0 Å². The van der Waals surface area contributed by atoms with Gasteiger partial charge in [0.25, 0.3) is 0 Å². The SMILES string of the molecule is c1csc(NCC23CC4CC(CC(C4)C2)C3)n1. The van der Waals surface area contributed by atoms with E-state index in [1.54, 1.807) is 11.3 Å². The number of aromatic nitrogens is 1. The van der Waals surface area contributed by atoms with Crippen LogP contribution in [0.15, 0.2) is 11.6 Å². The number of hydrogen-bond donors (Lipinski definition) is 1. The van der Waals surface area contributed by atoms with Gasteiger partial charge in [-0.1, -0.05) is 0 Å². The summed E-state index contributed by atoms with van der Waals surface area (Å²) in [4.78, 5) is 4.34. The normalized spacial score (nSPS) is 42.9. The molecule has 0 saturated heterocycles. The van der Waals surface area contributed by atoms with E-state index in [1.165, 1.54) is 45.1 Å². The Morgan fingerprint density at radius 2 is 1.82 bits per heavy atom. The second kappa shape index (κ2) is 3.71. The fraction of sp³-hybridized carbons (Fsp3) is 0.786. The Morgan fingerprint density at radius 1 is 1.18 bits per heavy atom. The highest BCUT2D eigenvalue weighted by Gasteiger charge is 2.50. The molecular formula is C14H20N2S. The van der Waals surface area contributed by atoms with Gasteiger partial charge in [0.05, 0.1) is 0 Å². The zero-order valence-electron chi connectivity index (χ0n) is 10.2. The molecule has 4 bridgehead atoms. The van der Waals surface area contributed by atoms with E-state index in [-0.39, 0.29) is 0 Å². The van der Waals surface area contributed by atoms with Gasteiger partial charge in [0.1, 0.15) is 0 Å². The van der Waals surface area contributed by atoms with Crippen molar-refractivity contribution in [1.82, 2.24) is 4.98 Å². The molecule has 2 nitrogen and oxygen atoms in total. The summed E-state index contributed by atoms with van der Waals surface area (Å²) in [5.41, 5.74) is 0.625. The van der Waals surface area contributed by atoms with Gasteiger partial charge in [-0.05, 0) is 61.7 Å². The number of anilines is 1. The van der Waals surface area contributed by atoms with Crippen LogP contribution in [0.4, 0.5) is 5.13 Å². The van der Waals surface area contributed by atoms with Gasteiger partial charge < -0.3 is 5.32 Å². The van der Waals surface area contributed by atoms with Crippen molar-refractivity contribution in [2.75, 3.05) is 11.9 Å². The lowest BCUT2D eigenvalue weighted by molar-refractivity contribution is -0.0444. The molecule has 4 aliphatic carbocycles. The summed E-state index contributed by atoms with van der Waals surface area (Å²) >= 11 is 1.73. The molecule has 0 aliphatic heterocycles. The molecule has 0 spiro atoms. The fourth-order valence-corrected chi connectivity index (χ4v) is 5.61. The van der Waals surface area contributed by atoms with Crippen molar-refractivity contribution in [2.45, 2.75) is 38.5 Å². The third-order valence-corrected chi connectivity index (χ3v) is 5.94. The minimum atomic E-state index is 0.625. The maximum absolute atomic E-state index is 4.34. The summed E-state index contributed by atoms with van der Waals surface area (Å²) in [7, 11) is 0. The first kappa shape index (κ1) is 10.4. The van der Waals surface area contributed by atoms with Crippen molar-refractivity contribution in [3.63, 3.8) is 0 Å². The van der Waals surface area contributed by atoms with Gasteiger partial charge in [-0.2, -0.15) is 0 Å². The van der Waals surface area contributed by atoms with Crippen molar-refractivity contribution in [2.24, 2.45) is 23.2 Å². The number of rotatable bonds is 3. The summed E-state index contributed by atoms with van der Waals surface area (Å²) in [5.74, 6) is 3.16. The molecule has 4 fully saturated rings. The highest BCUT2D eigenvalue weighted by molar-refractivity contribution is 7.13. The Labute approximate surface area is 107 Å². The summed E-state index contributed by atoms with van der Waals surface area (Å²) in [6, 6.07) is 0. The molecule has 1 aromatic rings. The van der Waals surface area contributed by atoms with Gasteiger partial charge in [-0.25, -0.2) is 4.98 Å². The van der Waals surface area contributed by atoms with E-state index >= 15 is 0 Å². The van der Waals surface area contributed by atoms with Crippen LogP contribution in [0.3, 0.4) is 0 Å². The molecular weight excluding hydrogens is 228 g/mol. The minimum absolute atomic E-state index is 0.625. The molecule has 1 aromatic heterocycles. The third-order valence-electron chi connectivity index (χ3n) is 5.21. The largest absolute Gasteiger partial charge is 0.361 e. The first-order chi connectivity index (χ1) is 8.31. The average molecular weight is 248 g/mol. The summed E-state index contributed by atoms with van der Waals surface area (Å²) in [6.07, 6.45) is 11.0. The van der Waals surface area contributed by atoms with Crippen molar-refractivity contribution in [3.05, 3.63) is 11.6 Å². The second-order valence-electron chi connectivity index (χ2n) is 6.61. The van der Waals surface area contributed by atoms with Crippen LogP contribution in [0.2, 0.25) is 0 Å². The molecule has 4 aliphatic rings. The molecule has 4 saturated carbocycles. The van der Waals surface area contributed by atoms with E-state index in [4.69, 9.17) is 0 Å². The highest BCUT2D eigenvalue weighted by atomic mass is 32.1. The van der Waals surface area contributed by atoms with E-state index < -0.39 is 0 Å². The Kier molecular flexibility index (Phi) is 2.26. The topological polar surface area (TPSA) is 24.9 Å². The van der Waals surface area contributed by atoms with Crippen LogP contribution < -0.4 is 5.32 Å². The molecule has 3 heteroatoms. The highest BCUT2D eigenvalue weighted by Crippen LogP contribution is 2.59. The van der Waals surface area contributed by atoms with Crippen LogP contribution in [-0.4, -0.2) is 11.5 Å². The van der Waals surface area contributed by atoms with Gasteiger partial charge in [-0.3, -0.25) is 0 Å². The van der Waals surface area contributed by atoms with Gasteiger partial charge in [0.2, 0.25) is 0 Å². The predicted molar refractivity (Wildman–Crippen MR) is 71.2 cm³/mol. The smallest absolute Gasteiger partial charge is 0.182 e. The fourth-order valence-electron chi connectivity index (χ4n) is 5.08. The number of hydrogen-bond acceptors (Lipinski definition) is 3. The van der Waals surface area contributed by atoms with E-state index in [0.717, 1.165) is 22.9 Å². The third kappa shape index (κ3) is 1.79. The zero-order chi connectivity index (χ0) is 11.3. The Balaban J connectivity index is 1.49. The van der Waals surface area contributed by atoms with Gasteiger partial charge >= 0.3 is 0 Å². The zero-order valence-corrected chi connectivity index (χ0v) is 11.0. The molecule has 0 aromatic carbocycles. The van der Waals surface area contributed by atoms with E-state index in [0.29, 0.717) is 5.41 Å². The molecule has 0 atom stereocenters. The van der Waals surface area contributed by atoms with Crippen LogP contribution >= 0.6 is 11.3 Å². The number of nitrogens with zero attached hydrogens (tertiary/aromatic N) is 1. The van der Waals surface area contributed by atoms with Gasteiger partial charge in [0, 0.05) is 18.1 Å². The predicted octanol–water partition coefficient (Wildman–Crippen LogP) is 3.77. The van der Waals surface area contributed by atoms with Gasteiger partial charge in [-0.15, -0.1) is 11.3 Å². The average Bonchev–Trinajstić information content (AvgIpc) is 2.77. The quantitative estimate of drug-likeness (QED) is 0.880. The lowest BCUT2D eigenvalue weighted by Crippen LogP contribution is -2.49. The lowest BCUT2D eigenvalue weighted by Gasteiger charge is -2.56. The molecule has 0 amide bonds. The Morgan fingerprint density at radius 3 is 2.35 bits per heavy atom. The van der Waals surface area contributed by atoms with Crippen molar-refractivity contribution < 1.29 is 0 Å². The van der Waals surface area contributed by atoms with Crippen molar-refractivity contribution in [3.8, 4) is 0 Å². The molecule has 17 heavy (non-hydrogen) atoms. The number of thiazole rings is 1. The van der Waals surface area contributed by atoms with Crippen LogP contribution in [0, 0.1) is 23.2 Å². The van der Waals surface area contributed by atoms with E-state index in [2.05, 4.69) is 15.7 Å². The summed E-state index contributed by atoms with van der Waals surface area (Å²) < 4.78 is 0. The minimum Gasteiger partial charge on any atom is -0.361 e. The Bertz CT molecular complexity index is 363. The second-order valence-corrected chi connectivity index (χ2v) is 7.50.